The number of benzene rings is 1. The van der Waals surface area contributed by atoms with Crippen LogP contribution in [0.5, 0.6) is 0 Å². The highest BCUT2D eigenvalue weighted by atomic mass is 35.5. The van der Waals surface area contributed by atoms with Crippen LogP contribution >= 0.6 is 11.6 Å². The zero-order valence-corrected chi connectivity index (χ0v) is 15.8. The Morgan fingerprint density at radius 3 is 2.60 bits per heavy atom. The fourth-order valence-corrected chi connectivity index (χ4v) is 4.26. The summed E-state index contributed by atoms with van der Waals surface area (Å²) in [4.78, 5) is 27.6. The van der Waals surface area contributed by atoms with Gasteiger partial charge in [0, 0.05) is 16.6 Å². The number of rotatable bonds is 2. The fourth-order valence-electron chi connectivity index (χ4n) is 4.13. The van der Waals surface area contributed by atoms with Gasteiger partial charge in [-0.2, -0.15) is 0 Å². The van der Waals surface area contributed by atoms with E-state index >= 15 is 0 Å². The summed E-state index contributed by atoms with van der Waals surface area (Å²) in [6.45, 7) is 5.86. The van der Waals surface area contributed by atoms with E-state index in [4.69, 9.17) is 11.6 Å². The van der Waals surface area contributed by atoms with Gasteiger partial charge in [0.25, 0.3) is 0 Å². The minimum absolute atomic E-state index is 0.113. The summed E-state index contributed by atoms with van der Waals surface area (Å²) in [5.74, 6) is -0.480. The SMILES string of the molecule is CC(C)(C)NC(=O)[C@H]1N(C(=O)CCl)c2ccccc2[C@@]12CC=CCC2. The van der Waals surface area contributed by atoms with Gasteiger partial charge >= 0.3 is 0 Å². The minimum Gasteiger partial charge on any atom is -0.350 e. The molecule has 0 unspecified atom stereocenters. The second-order valence-electron chi connectivity index (χ2n) is 7.93. The summed E-state index contributed by atoms with van der Waals surface area (Å²) in [7, 11) is 0. The Balaban J connectivity index is 2.15. The molecule has 0 aromatic heterocycles. The lowest BCUT2D eigenvalue weighted by molar-refractivity contribution is -0.128. The normalized spacial score (nSPS) is 25.1. The number of anilines is 1. The third-order valence-corrected chi connectivity index (χ3v) is 5.25. The maximum absolute atomic E-state index is 13.3. The molecule has 2 amide bonds. The number of halogens is 1. The summed E-state index contributed by atoms with van der Waals surface area (Å²) in [6, 6.07) is 7.29. The van der Waals surface area contributed by atoms with Crippen LogP contribution in [0.1, 0.15) is 45.6 Å². The first-order valence-corrected chi connectivity index (χ1v) is 9.28. The van der Waals surface area contributed by atoms with Gasteiger partial charge in [-0.25, -0.2) is 0 Å². The molecule has 3 rings (SSSR count). The standard InChI is InChI=1S/C20H25ClN2O2/c1-19(2,3)22-18(25)17-20(11-7-4-8-12-20)14-9-5-6-10-15(14)23(17)16(24)13-21/h4-7,9-10,17H,8,11-13H2,1-3H3,(H,22,25)/t17-,20+/m1/s1. The van der Waals surface area contributed by atoms with Gasteiger partial charge < -0.3 is 5.32 Å². The van der Waals surface area contributed by atoms with Crippen molar-refractivity contribution in [3.05, 3.63) is 42.0 Å². The number of nitrogens with one attached hydrogen (secondary N) is 1. The quantitative estimate of drug-likeness (QED) is 0.648. The van der Waals surface area contributed by atoms with Crippen LogP contribution in [-0.4, -0.2) is 29.3 Å². The molecule has 0 bridgehead atoms. The molecule has 2 aliphatic rings. The number of para-hydroxylation sites is 1. The molecule has 1 aromatic carbocycles. The van der Waals surface area contributed by atoms with E-state index < -0.39 is 6.04 Å². The number of carbonyl (C=O) groups is 2. The molecule has 2 atom stereocenters. The Labute approximate surface area is 154 Å². The maximum Gasteiger partial charge on any atom is 0.244 e. The van der Waals surface area contributed by atoms with Gasteiger partial charge in [0.2, 0.25) is 11.8 Å². The first-order chi connectivity index (χ1) is 11.8. The van der Waals surface area contributed by atoms with E-state index in [0.29, 0.717) is 0 Å². The molecule has 1 aliphatic heterocycles. The molecule has 0 saturated heterocycles. The predicted octanol–water partition coefficient (Wildman–Crippen LogP) is 3.53. The van der Waals surface area contributed by atoms with Crippen LogP contribution in [0.15, 0.2) is 36.4 Å². The lowest BCUT2D eigenvalue weighted by Gasteiger charge is -2.39. The molecule has 1 aromatic rings. The molecule has 0 radical (unpaired) electrons. The van der Waals surface area contributed by atoms with Crippen molar-refractivity contribution in [2.45, 2.75) is 57.0 Å². The van der Waals surface area contributed by atoms with Crippen molar-refractivity contribution in [2.24, 2.45) is 0 Å². The Morgan fingerprint density at radius 2 is 2.00 bits per heavy atom. The van der Waals surface area contributed by atoms with Crippen molar-refractivity contribution in [2.75, 3.05) is 10.8 Å². The van der Waals surface area contributed by atoms with Crippen LogP contribution in [0, 0.1) is 0 Å². The molecule has 5 heteroatoms. The van der Waals surface area contributed by atoms with Gasteiger partial charge in [0.1, 0.15) is 11.9 Å². The lowest BCUT2D eigenvalue weighted by Crippen LogP contribution is -2.59. The van der Waals surface area contributed by atoms with Crippen molar-refractivity contribution in [1.29, 1.82) is 0 Å². The van der Waals surface area contributed by atoms with Crippen LogP contribution in [-0.2, 0) is 15.0 Å². The van der Waals surface area contributed by atoms with E-state index in [1.54, 1.807) is 4.90 Å². The highest BCUT2D eigenvalue weighted by Crippen LogP contribution is 2.52. The second kappa shape index (κ2) is 6.49. The zero-order chi connectivity index (χ0) is 18.2. The van der Waals surface area contributed by atoms with E-state index in [2.05, 4.69) is 17.5 Å². The molecular formula is C20H25ClN2O2. The van der Waals surface area contributed by atoms with Gasteiger partial charge in [-0.05, 0) is 51.7 Å². The third kappa shape index (κ3) is 3.08. The van der Waals surface area contributed by atoms with Gasteiger partial charge in [-0.1, -0.05) is 30.4 Å². The van der Waals surface area contributed by atoms with Crippen LogP contribution in [0.3, 0.4) is 0 Å². The number of alkyl halides is 1. The Hall–Kier alpha value is -1.81. The zero-order valence-electron chi connectivity index (χ0n) is 15.0. The largest absolute Gasteiger partial charge is 0.350 e. The maximum atomic E-state index is 13.3. The second-order valence-corrected chi connectivity index (χ2v) is 8.19. The smallest absolute Gasteiger partial charge is 0.244 e. The Morgan fingerprint density at radius 1 is 1.28 bits per heavy atom. The van der Waals surface area contributed by atoms with E-state index in [-0.39, 0.29) is 28.6 Å². The van der Waals surface area contributed by atoms with E-state index in [0.717, 1.165) is 30.5 Å². The van der Waals surface area contributed by atoms with Crippen LogP contribution < -0.4 is 10.2 Å². The van der Waals surface area contributed by atoms with Gasteiger partial charge in [-0.15, -0.1) is 11.6 Å². The molecule has 1 spiro atoms. The number of allylic oxidation sites excluding steroid dienone is 2. The Bertz CT molecular complexity index is 723. The fraction of sp³-hybridized carbons (Fsp3) is 0.500. The molecule has 0 fully saturated rings. The molecular weight excluding hydrogens is 336 g/mol. The number of fused-ring (bicyclic) bond motifs is 2. The molecule has 4 nitrogen and oxygen atoms in total. The monoisotopic (exact) mass is 360 g/mol. The predicted molar refractivity (Wildman–Crippen MR) is 101 cm³/mol. The molecule has 1 heterocycles. The molecule has 134 valence electrons. The Kier molecular flexibility index (Phi) is 4.67. The number of hydrogen-bond acceptors (Lipinski definition) is 2. The number of hydrogen-bond donors (Lipinski definition) is 1. The first kappa shape index (κ1) is 18.0. The summed E-state index contributed by atoms with van der Waals surface area (Å²) in [5, 5.41) is 3.08. The average molecular weight is 361 g/mol. The number of amides is 2. The van der Waals surface area contributed by atoms with Crippen LogP contribution in [0.4, 0.5) is 5.69 Å². The first-order valence-electron chi connectivity index (χ1n) is 8.75. The topological polar surface area (TPSA) is 49.4 Å². The van der Waals surface area contributed by atoms with Gasteiger partial charge in [-0.3, -0.25) is 14.5 Å². The highest BCUT2D eigenvalue weighted by Gasteiger charge is 2.55. The number of nitrogens with zero attached hydrogens (tertiary/aromatic N) is 1. The van der Waals surface area contributed by atoms with Crippen molar-refractivity contribution >= 4 is 29.1 Å². The van der Waals surface area contributed by atoms with Crippen molar-refractivity contribution in [1.82, 2.24) is 5.32 Å². The summed E-state index contributed by atoms with van der Waals surface area (Å²) in [5.41, 5.74) is 1.14. The molecule has 1 N–H and O–H groups in total. The lowest BCUT2D eigenvalue weighted by atomic mass is 9.68. The van der Waals surface area contributed by atoms with Crippen molar-refractivity contribution < 1.29 is 9.59 Å². The number of carbonyl (C=O) groups excluding carboxylic acids is 2. The van der Waals surface area contributed by atoms with Crippen LogP contribution in [0.2, 0.25) is 0 Å². The minimum atomic E-state index is -0.569. The van der Waals surface area contributed by atoms with Crippen molar-refractivity contribution in [3.8, 4) is 0 Å². The summed E-state index contributed by atoms with van der Waals surface area (Å²) in [6.07, 6.45) is 6.77. The van der Waals surface area contributed by atoms with E-state index in [1.165, 1.54) is 0 Å². The third-order valence-electron chi connectivity index (χ3n) is 5.02. The summed E-state index contributed by atoms with van der Waals surface area (Å²) >= 11 is 5.89. The van der Waals surface area contributed by atoms with E-state index in [1.807, 2.05) is 45.0 Å². The molecule has 0 saturated carbocycles. The van der Waals surface area contributed by atoms with Gasteiger partial charge in [0.05, 0.1) is 0 Å². The highest BCUT2D eigenvalue weighted by molar-refractivity contribution is 6.30. The van der Waals surface area contributed by atoms with Crippen LogP contribution in [0.25, 0.3) is 0 Å². The molecule has 25 heavy (non-hydrogen) atoms. The van der Waals surface area contributed by atoms with Gasteiger partial charge in [0.15, 0.2) is 0 Å². The van der Waals surface area contributed by atoms with Crippen molar-refractivity contribution in [3.63, 3.8) is 0 Å². The molecule has 1 aliphatic carbocycles. The summed E-state index contributed by atoms with van der Waals surface area (Å²) < 4.78 is 0. The average Bonchev–Trinajstić information content (AvgIpc) is 2.84. The van der Waals surface area contributed by atoms with E-state index in [9.17, 15) is 9.59 Å².